The Kier molecular flexibility index (Phi) is 10.4. The number of hydrogen-bond donors (Lipinski definition) is 1. The van der Waals surface area contributed by atoms with E-state index in [0.29, 0.717) is 0 Å². The van der Waals surface area contributed by atoms with Crippen molar-refractivity contribution in [2.75, 3.05) is 13.6 Å². The molecule has 1 nitrogen and oxygen atoms in total. The van der Waals surface area contributed by atoms with E-state index in [2.05, 4.69) is 53.9 Å². The Morgan fingerprint density at radius 1 is 0.857 bits per heavy atom. The summed E-state index contributed by atoms with van der Waals surface area (Å²) in [6, 6.07) is 0. The van der Waals surface area contributed by atoms with Crippen molar-refractivity contribution in [3.8, 4) is 0 Å². The summed E-state index contributed by atoms with van der Waals surface area (Å²) in [4.78, 5) is 0. The fourth-order valence-electron chi connectivity index (χ4n) is 7.28. The molecule has 0 aliphatic heterocycles. The molecule has 0 aromatic heterocycles. The van der Waals surface area contributed by atoms with Crippen LogP contribution in [0.15, 0.2) is 0 Å². The third-order valence-corrected chi connectivity index (χ3v) is 9.10. The van der Waals surface area contributed by atoms with E-state index >= 15 is 0 Å². The highest BCUT2D eigenvalue weighted by molar-refractivity contribution is 4.98. The first-order chi connectivity index (χ1) is 13.5. The maximum Gasteiger partial charge on any atom is -0.00518 e. The van der Waals surface area contributed by atoms with Crippen molar-refractivity contribution in [3.63, 3.8) is 0 Å². The molecule has 28 heavy (non-hydrogen) atoms. The van der Waals surface area contributed by atoms with Gasteiger partial charge in [-0.2, -0.15) is 0 Å². The van der Waals surface area contributed by atoms with Gasteiger partial charge in [0.1, 0.15) is 0 Å². The molecule has 0 radical (unpaired) electrons. The molecule has 2 aliphatic carbocycles. The monoisotopic (exact) mass is 391 g/mol. The van der Waals surface area contributed by atoms with Crippen molar-refractivity contribution in [1.82, 2.24) is 5.32 Å². The van der Waals surface area contributed by atoms with E-state index in [1.165, 1.54) is 64.3 Å². The summed E-state index contributed by atoms with van der Waals surface area (Å²) in [5.41, 5.74) is 0. The van der Waals surface area contributed by atoms with Crippen LogP contribution >= 0.6 is 0 Å². The maximum atomic E-state index is 3.37. The van der Waals surface area contributed by atoms with Crippen LogP contribution in [0.3, 0.4) is 0 Å². The third-order valence-electron chi connectivity index (χ3n) is 9.10. The smallest absolute Gasteiger partial charge is 0.00518 e. The first-order valence-electron chi connectivity index (χ1n) is 13.1. The van der Waals surface area contributed by atoms with Crippen LogP contribution in [0, 0.1) is 53.3 Å². The van der Waals surface area contributed by atoms with Crippen molar-refractivity contribution in [2.24, 2.45) is 53.3 Å². The average Bonchev–Trinajstić information content (AvgIpc) is 3.44. The first-order valence-corrected chi connectivity index (χ1v) is 13.1. The van der Waals surface area contributed by atoms with Crippen LogP contribution in [0.25, 0.3) is 0 Å². The Hall–Kier alpha value is -0.0400. The molecule has 1 N–H and O–H groups in total. The first kappa shape index (κ1) is 24.2. The Balaban J connectivity index is 2.15. The minimum atomic E-state index is 0.908. The SMILES string of the molecule is CCC1CC(C)C(CC)C2CC2C(C(CC)CCCNC)CCC(C)CC1C. The van der Waals surface area contributed by atoms with Gasteiger partial charge < -0.3 is 5.32 Å². The number of fused-ring (bicyclic) bond motifs is 1. The van der Waals surface area contributed by atoms with Gasteiger partial charge in [-0.05, 0) is 105 Å². The third kappa shape index (κ3) is 6.48. The molecular formula is C27H53N. The van der Waals surface area contributed by atoms with Crippen molar-refractivity contribution in [3.05, 3.63) is 0 Å². The Bertz CT molecular complexity index is 418. The molecule has 0 saturated heterocycles. The average molecular weight is 392 g/mol. The second kappa shape index (κ2) is 12.0. The lowest BCUT2D eigenvalue weighted by Crippen LogP contribution is -2.26. The molecule has 2 fully saturated rings. The molecule has 2 rings (SSSR count). The van der Waals surface area contributed by atoms with Crippen LogP contribution in [0.2, 0.25) is 0 Å². The van der Waals surface area contributed by atoms with Crippen LogP contribution < -0.4 is 5.32 Å². The highest BCUT2D eigenvalue weighted by Crippen LogP contribution is 2.57. The molecule has 9 unspecified atom stereocenters. The summed E-state index contributed by atoms with van der Waals surface area (Å²) in [6.07, 6.45) is 14.5. The van der Waals surface area contributed by atoms with E-state index in [0.717, 1.165) is 53.3 Å². The van der Waals surface area contributed by atoms with E-state index in [1.807, 2.05) is 0 Å². The molecule has 0 aromatic rings. The molecule has 0 bridgehead atoms. The van der Waals surface area contributed by atoms with E-state index in [9.17, 15) is 0 Å². The van der Waals surface area contributed by atoms with Gasteiger partial charge in [-0.3, -0.25) is 0 Å². The normalized spacial score (nSPS) is 40.8. The van der Waals surface area contributed by atoms with Crippen LogP contribution in [0.4, 0.5) is 0 Å². The van der Waals surface area contributed by atoms with E-state index in [-0.39, 0.29) is 0 Å². The maximum absolute atomic E-state index is 3.37. The summed E-state index contributed by atoms with van der Waals surface area (Å²) in [7, 11) is 2.10. The predicted molar refractivity (Wildman–Crippen MR) is 126 cm³/mol. The molecule has 0 heterocycles. The van der Waals surface area contributed by atoms with Crippen molar-refractivity contribution < 1.29 is 0 Å². The molecule has 2 aliphatic rings. The molecule has 1 heteroatoms. The van der Waals surface area contributed by atoms with Gasteiger partial charge in [0.25, 0.3) is 0 Å². The molecule has 2 saturated carbocycles. The zero-order chi connectivity index (χ0) is 20.7. The van der Waals surface area contributed by atoms with E-state index in [4.69, 9.17) is 0 Å². The Labute approximate surface area is 178 Å². The lowest BCUT2D eigenvalue weighted by Gasteiger charge is -2.35. The number of hydrogen-bond acceptors (Lipinski definition) is 1. The zero-order valence-electron chi connectivity index (χ0n) is 20.5. The minimum absolute atomic E-state index is 0.908. The summed E-state index contributed by atoms with van der Waals surface area (Å²) < 4.78 is 0. The summed E-state index contributed by atoms with van der Waals surface area (Å²) in [6.45, 7) is 16.3. The highest BCUT2D eigenvalue weighted by Gasteiger charge is 2.49. The summed E-state index contributed by atoms with van der Waals surface area (Å²) >= 11 is 0. The van der Waals surface area contributed by atoms with Crippen LogP contribution in [-0.2, 0) is 0 Å². The van der Waals surface area contributed by atoms with Crippen molar-refractivity contribution in [2.45, 2.75) is 106 Å². The van der Waals surface area contributed by atoms with Crippen molar-refractivity contribution >= 4 is 0 Å². The molecule has 166 valence electrons. The number of nitrogens with one attached hydrogen (secondary N) is 1. The lowest BCUT2D eigenvalue weighted by atomic mass is 9.71. The lowest BCUT2D eigenvalue weighted by molar-refractivity contribution is 0.154. The molecule has 9 atom stereocenters. The highest BCUT2D eigenvalue weighted by atomic mass is 14.8. The van der Waals surface area contributed by atoms with Crippen LogP contribution in [-0.4, -0.2) is 13.6 Å². The summed E-state index contributed by atoms with van der Waals surface area (Å²) in [5.74, 6) is 8.75. The second-order valence-corrected chi connectivity index (χ2v) is 11.0. The topological polar surface area (TPSA) is 12.0 Å². The largest absolute Gasteiger partial charge is 0.320 e. The van der Waals surface area contributed by atoms with Gasteiger partial charge in [-0.15, -0.1) is 0 Å². The predicted octanol–water partition coefficient (Wildman–Crippen LogP) is 7.80. The Morgan fingerprint density at radius 2 is 1.61 bits per heavy atom. The fourth-order valence-corrected chi connectivity index (χ4v) is 7.28. The molecule has 0 amide bonds. The van der Waals surface area contributed by atoms with E-state index in [1.54, 1.807) is 6.42 Å². The van der Waals surface area contributed by atoms with Gasteiger partial charge in [0, 0.05) is 0 Å². The second-order valence-electron chi connectivity index (χ2n) is 11.0. The standard InChI is InChI=1S/C27H53N/c1-8-22(12-11-15-28-7)25-14-13-19(4)16-20(5)23(9-2)17-21(6)24(10-3)26-18-27(25)26/h19-28H,8-18H2,1-7H3. The number of rotatable bonds is 8. The van der Waals surface area contributed by atoms with Crippen molar-refractivity contribution in [1.29, 1.82) is 0 Å². The van der Waals surface area contributed by atoms with Crippen LogP contribution in [0.1, 0.15) is 106 Å². The van der Waals surface area contributed by atoms with Gasteiger partial charge in [-0.25, -0.2) is 0 Å². The molecule has 0 spiro atoms. The van der Waals surface area contributed by atoms with Gasteiger partial charge in [0.2, 0.25) is 0 Å². The summed E-state index contributed by atoms with van der Waals surface area (Å²) in [5, 5.41) is 3.37. The minimum Gasteiger partial charge on any atom is -0.320 e. The van der Waals surface area contributed by atoms with E-state index < -0.39 is 0 Å². The van der Waals surface area contributed by atoms with Crippen LogP contribution in [0.5, 0.6) is 0 Å². The van der Waals surface area contributed by atoms with Gasteiger partial charge in [0.05, 0.1) is 0 Å². The van der Waals surface area contributed by atoms with Gasteiger partial charge in [-0.1, -0.05) is 67.2 Å². The van der Waals surface area contributed by atoms with Gasteiger partial charge in [0.15, 0.2) is 0 Å². The molecule has 0 aromatic carbocycles. The molecular weight excluding hydrogens is 338 g/mol. The Morgan fingerprint density at radius 3 is 2.21 bits per heavy atom. The van der Waals surface area contributed by atoms with Gasteiger partial charge >= 0.3 is 0 Å². The zero-order valence-corrected chi connectivity index (χ0v) is 20.5. The quantitative estimate of drug-likeness (QED) is 0.416. The fraction of sp³-hybridized carbons (Fsp3) is 1.00.